The summed E-state index contributed by atoms with van der Waals surface area (Å²) in [6.07, 6.45) is 0. The summed E-state index contributed by atoms with van der Waals surface area (Å²) in [6, 6.07) is 68.7. The van der Waals surface area contributed by atoms with Crippen LogP contribution in [0.15, 0.2) is 188 Å². The van der Waals surface area contributed by atoms with E-state index in [-0.39, 0.29) is 0 Å². The Morgan fingerprint density at radius 1 is 0.320 bits per heavy atom. The highest BCUT2D eigenvalue weighted by Crippen LogP contribution is 2.46. The molecule has 0 spiro atoms. The molecule has 0 bridgehead atoms. The second-order valence-corrected chi connectivity index (χ2v) is 14.0. The molecule has 0 amide bonds. The highest BCUT2D eigenvalue weighted by molar-refractivity contribution is 7.26. The predicted octanol–water partition coefficient (Wildman–Crippen LogP) is 14.3. The molecule has 9 aromatic carbocycles. The van der Waals surface area contributed by atoms with E-state index in [0.29, 0.717) is 0 Å². The molecule has 0 N–H and O–H groups in total. The molecule has 1 aromatic heterocycles. The molecule has 50 heavy (non-hydrogen) atoms. The maximum absolute atomic E-state index is 2.44. The van der Waals surface area contributed by atoms with Gasteiger partial charge in [-0.15, -0.1) is 11.3 Å². The summed E-state index contributed by atoms with van der Waals surface area (Å²) in [5.74, 6) is 0. The third-order valence-electron chi connectivity index (χ3n) is 10.0. The van der Waals surface area contributed by atoms with Crippen molar-refractivity contribution < 1.29 is 0 Å². The maximum Gasteiger partial charge on any atom is 0.0468 e. The molecule has 0 aliphatic rings. The summed E-state index contributed by atoms with van der Waals surface area (Å²) in [7, 11) is 0. The smallest absolute Gasteiger partial charge is 0.0468 e. The number of benzene rings is 9. The molecule has 0 aliphatic carbocycles. The van der Waals surface area contributed by atoms with Gasteiger partial charge in [-0.1, -0.05) is 140 Å². The second kappa shape index (κ2) is 11.7. The molecule has 0 aliphatic heterocycles. The Morgan fingerprint density at radius 3 is 1.78 bits per heavy atom. The van der Waals surface area contributed by atoms with Crippen LogP contribution in [0.2, 0.25) is 0 Å². The number of hydrogen-bond donors (Lipinski definition) is 0. The van der Waals surface area contributed by atoms with Gasteiger partial charge in [0.1, 0.15) is 0 Å². The lowest BCUT2D eigenvalue weighted by atomic mass is 9.92. The van der Waals surface area contributed by atoms with Crippen LogP contribution in [-0.4, -0.2) is 0 Å². The predicted molar refractivity (Wildman–Crippen MR) is 217 cm³/mol. The molecule has 1 nitrogen and oxygen atoms in total. The largest absolute Gasteiger partial charge is 0.310 e. The zero-order valence-corrected chi connectivity index (χ0v) is 28.1. The van der Waals surface area contributed by atoms with E-state index in [4.69, 9.17) is 0 Å². The molecule has 10 rings (SSSR count). The van der Waals surface area contributed by atoms with E-state index in [1.807, 2.05) is 11.3 Å². The second-order valence-electron chi connectivity index (χ2n) is 12.9. The molecule has 0 atom stereocenters. The van der Waals surface area contributed by atoms with Gasteiger partial charge in [0.25, 0.3) is 0 Å². The minimum absolute atomic E-state index is 1.13. The molecule has 0 saturated heterocycles. The van der Waals surface area contributed by atoms with E-state index < -0.39 is 0 Å². The summed E-state index contributed by atoms with van der Waals surface area (Å²) in [4.78, 5) is 2.40. The van der Waals surface area contributed by atoms with E-state index in [2.05, 4.69) is 193 Å². The van der Waals surface area contributed by atoms with E-state index in [1.54, 1.807) is 0 Å². The lowest BCUT2D eigenvalue weighted by Gasteiger charge is -2.26. The zero-order valence-electron chi connectivity index (χ0n) is 27.3. The van der Waals surface area contributed by atoms with Gasteiger partial charge in [-0.3, -0.25) is 0 Å². The van der Waals surface area contributed by atoms with Gasteiger partial charge in [0, 0.05) is 42.6 Å². The van der Waals surface area contributed by atoms with E-state index in [1.165, 1.54) is 74.7 Å². The molecule has 0 radical (unpaired) electrons. The van der Waals surface area contributed by atoms with Gasteiger partial charge < -0.3 is 4.90 Å². The van der Waals surface area contributed by atoms with Crippen molar-refractivity contribution in [2.45, 2.75) is 0 Å². The standard InChI is InChI=1S/C48H31NS/c1-2-11-32(12-3-1)34-21-24-37(25-22-34)49(38-26-23-33-13-4-5-15-36(33)29-38)39-27-28-47-45(30-39)46-31-44(42-18-8-9-19-43(42)48(46)50-47)41-20-10-16-35-14-6-7-17-40(35)41/h1-31H. The molecule has 10 aromatic rings. The fraction of sp³-hybridized carbons (Fsp3) is 0. The van der Waals surface area contributed by atoms with Gasteiger partial charge in [-0.05, 0) is 97.7 Å². The zero-order chi connectivity index (χ0) is 33.0. The van der Waals surface area contributed by atoms with Crippen molar-refractivity contribution in [1.29, 1.82) is 0 Å². The lowest BCUT2D eigenvalue weighted by molar-refractivity contribution is 1.30. The summed E-state index contributed by atoms with van der Waals surface area (Å²) in [5, 5.41) is 10.2. The fourth-order valence-electron chi connectivity index (χ4n) is 7.60. The Balaban J connectivity index is 1.20. The Bertz CT molecular complexity index is 2860. The van der Waals surface area contributed by atoms with Crippen LogP contribution in [0.5, 0.6) is 0 Å². The van der Waals surface area contributed by atoms with Gasteiger partial charge in [0.15, 0.2) is 0 Å². The molecular formula is C48H31NS. The maximum atomic E-state index is 2.44. The average molecular weight is 654 g/mol. The van der Waals surface area contributed by atoms with Crippen LogP contribution in [0.1, 0.15) is 0 Å². The summed E-state index contributed by atoms with van der Waals surface area (Å²) in [5.41, 5.74) is 8.38. The molecular weight excluding hydrogens is 623 g/mol. The monoisotopic (exact) mass is 653 g/mol. The SMILES string of the molecule is c1ccc(-c2ccc(N(c3ccc4ccccc4c3)c3ccc4sc5c6ccccc6c(-c6cccc7ccccc67)cc5c4c3)cc2)cc1. The van der Waals surface area contributed by atoms with Crippen molar-refractivity contribution in [2.24, 2.45) is 0 Å². The summed E-state index contributed by atoms with van der Waals surface area (Å²) in [6.45, 7) is 0. The molecule has 0 saturated carbocycles. The highest BCUT2D eigenvalue weighted by atomic mass is 32.1. The molecule has 234 valence electrons. The lowest BCUT2D eigenvalue weighted by Crippen LogP contribution is -2.09. The van der Waals surface area contributed by atoms with Crippen molar-refractivity contribution in [3.8, 4) is 22.3 Å². The topological polar surface area (TPSA) is 3.24 Å². The number of fused-ring (bicyclic) bond motifs is 7. The first kappa shape index (κ1) is 28.8. The van der Waals surface area contributed by atoms with Gasteiger partial charge in [0.2, 0.25) is 0 Å². The van der Waals surface area contributed by atoms with Crippen LogP contribution in [0, 0.1) is 0 Å². The van der Waals surface area contributed by atoms with Gasteiger partial charge in [-0.25, -0.2) is 0 Å². The van der Waals surface area contributed by atoms with Crippen LogP contribution in [0.4, 0.5) is 17.1 Å². The first-order chi connectivity index (χ1) is 24.8. The summed E-state index contributed by atoms with van der Waals surface area (Å²) >= 11 is 1.89. The third-order valence-corrected chi connectivity index (χ3v) is 11.2. The van der Waals surface area contributed by atoms with E-state index in [9.17, 15) is 0 Å². The van der Waals surface area contributed by atoms with Crippen LogP contribution in [0.25, 0.3) is 74.7 Å². The number of thiophene rings is 1. The van der Waals surface area contributed by atoms with Crippen LogP contribution >= 0.6 is 11.3 Å². The fourth-order valence-corrected chi connectivity index (χ4v) is 8.81. The van der Waals surface area contributed by atoms with Crippen molar-refractivity contribution in [1.82, 2.24) is 0 Å². The Morgan fingerprint density at radius 2 is 0.940 bits per heavy atom. The Labute approximate surface area is 294 Å². The van der Waals surface area contributed by atoms with Crippen molar-refractivity contribution >= 4 is 80.9 Å². The molecule has 0 unspecified atom stereocenters. The Hall–Kier alpha value is -6.22. The first-order valence-electron chi connectivity index (χ1n) is 17.1. The van der Waals surface area contributed by atoms with Gasteiger partial charge >= 0.3 is 0 Å². The van der Waals surface area contributed by atoms with Crippen molar-refractivity contribution in [3.63, 3.8) is 0 Å². The van der Waals surface area contributed by atoms with Crippen molar-refractivity contribution in [2.75, 3.05) is 4.90 Å². The van der Waals surface area contributed by atoms with E-state index >= 15 is 0 Å². The van der Waals surface area contributed by atoms with Crippen LogP contribution < -0.4 is 4.90 Å². The molecule has 2 heteroatoms. The van der Waals surface area contributed by atoms with Gasteiger partial charge in [-0.2, -0.15) is 0 Å². The van der Waals surface area contributed by atoms with Gasteiger partial charge in [0.05, 0.1) is 0 Å². The van der Waals surface area contributed by atoms with Crippen LogP contribution in [-0.2, 0) is 0 Å². The summed E-state index contributed by atoms with van der Waals surface area (Å²) < 4.78 is 2.63. The molecule has 1 heterocycles. The highest BCUT2D eigenvalue weighted by Gasteiger charge is 2.18. The number of hydrogen-bond acceptors (Lipinski definition) is 2. The third kappa shape index (κ3) is 4.76. The quantitative estimate of drug-likeness (QED) is 0.179. The minimum Gasteiger partial charge on any atom is -0.310 e. The normalized spacial score (nSPS) is 11.6. The number of nitrogens with zero attached hydrogens (tertiary/aromatic N) is 1. The molecule has 0 fully saturated rings. The average Bonchev–Trinajstić information content (AvgIpc) is 3.56. The number of anilines is 3. The minimum atomic E-state index is 1.13. The number of rotatable bonds is 5. The first-order valence-corrected chi connectivity index (χ1v) is 17.9. The van der Waals surface area contributed by atoms with Crippen molar-refractivity contribution in [3.05, 3.63) is 188 Å². The van der Waals surface area contributed by atoms with Crippen LogP contribution in [0.3, 0.4) is 0 Å². The van der Waals surface area contributed by atoms with E-state index in [0.717, 1.165) is 17.1 Å². The Kier molecular flexibility index (Phi) is 6.75.